The third-order valence-electron chi connectivity index (χ3n) is 1.52. The summed E-state index contributed by atoms with van der Waals surface area (Å²) >= 11 is 0. The number of methoxy groups -OCH3 is 1. The Morgan fingerprint density at radius 1 is 1.43 bits per heavy atom. The van der Waals surface area contributed by atoms with Crippen LogP contribution in [0.3, 0.4) is 0 Å². The third kappa shape index (κ3) is 3.02. The Labute approximate surface area is 80.6 Å². The number of nitrogens with one attached hydrogen (secondary N) is 1. The van der Waals surface area contributed by atoms with Crippen LogP contribution in [0.5, 0.6) is 5.75 Å². The van der Waals surface area contributed by atoms with E-state index in [0.717, 1.165) is 11.1 Å². The predicted molar refractivity (Wildman–Crippen MR) is 47.4 cm³/mol. The zero-order chi connectivity index (χ0) is 10.4. The molecule has 0 saturated heterocycles. The quantitative estimate of drug-likeness (QED) is 0.755. The largest absolute Gasteiger partial charge is 0.440 e. The van der Waals surface area contributed by atoms with E-state index < -0.39 is 6.09 Å². The zero-order valence-electron chi connectivity index (χ0n) is 7.62. The molecule has 1 rings (SSSR count). The van der Waals surface area contributed by atoms with Crippen LogP contribution in [0, 0.1) is 0 Å². The highest BCUT2D eigenvalue weighted by Crippen LogP contribution is 2.12. The summed E-state index contributed by atoms with van der Waals surface area (Å²) < 4.78 is 20.9. The van der Waals surface area contributed by atoms with Crippen molar-refractivity contribution in [2.45, 2.75) is 6.61 Å². The summed E-state index contributed by atoms with van der Waals surface area (Å²) in [5, 5.41) is 0. The van der Waals surface area contributed by atoms with E-state index in [-0.39, 0.29) is 5.75 Å². The van der Waals surface area contributed by atoms with E-state index in [1.807, 2.05) is 0 Å². The van der Waals surface area contributed by atoms with Gasteiger partial charge in [-0.3, -0.25) is 0 Å². The molecule has 0 unspecified atom stereocenters. The van der Waals surface area contributed by atoms with Gasteiger partial charge < -0.3 is 9.47 Å². The first-order chi connectivity index (χ1) is 6.76. The van der Waals surface area contributed by atoms with E-state index >= 15 is 0 Å². The highest BCUT2D eigenvalue weighted by molar-refractivity contribution is 5.68. The van der Waals surface area contributed by atoms with Crippen LogP contribution in [0.4, 0.5) is 9.28 Å². The first kappa shape index (κ1) is 10.5. The number of halogens is 1. The van der Waals surface area contributed by atoms with E-state index in [1.54, 1.807) is 31.4 Å². The van der Waals surface area contributed by atoms with E-state index in [2.05, 4.69) is 4.74 Å². The van der Waals surface area contributed by atoms with Crippen molar-refractivity contribution in [3.05, 3.63) is 29.8 Å². The molecular weight excluding hydrogens is 189 g/mol. The molecule has 0 aliphatic rings. The molecule has 0 aliphatic carbocycles. The summed E-state index contributed by atoms with van der Waals surface area (Å²) in [6.45, 7) is 0.482. The molecule has 0 bridgehead atoms. The Kier molecular flexibility index (Phi) is 3.87. The van der Waals surface area contributed by atoms with Gasteiger partial charge in [0.25, 0.3) is 0 Å². The Bertz CT molecular complexity index is 299. The summed E-state index contributed by atoms with van der Waals surface area (Å²) in [7, 11) is 1.58. The zero-order valence-corrected chi connectivity index (χ0v) is 7.62. The molecule has 0 spiro atoms. The van der Waals surface area contributed by atoms with Crippen molar-refractivity contribution in [2.75, 3.05) is 7.11 Å². The molecule has 1 N–H and O–H groups in total. The van der Waals surface area contributed by atoms with E-state index in [1.165, 1.54) is 0 Å². The second-order valence-corrected chi connectivity index (χ2v) is 2.56. The van der Waals surface area contributed by atoms with Crippen molar-refractivity contribution in [2.24, 2.45) is 0 Å². The predicted octanol–water partition coefficient (Wildman–Crippen LogP) is 1.81. The van der Waals surface area contributed by atoms with Gasteiger partial charge in [-0.15, -0.1) is 0 Å². The summed E-state index contributed by atoms with van der Waals surface area (Å²) in [6, 6.07) is 6.57. The number of amides is 1. The standard InChI is InChI=1S/C9H10FNO3/c1-13-6-7-2-4-8(5-3-7)14-9(12)11-10/h2-5H,6H2,1H3,(H,11,12). The lowest BCUT2D eigenvalue weighted by molar-refractivity contribution is 0.174. The Morgan fingerprint density at radius 3 is 2.57 bits per heavy atom. The molecule has 14 heavy (non-hydrogen) atoms. The number of carbonyl (C=O) groups is 1. The van der Waals surface area contributed by atoms with Gasteiger partial charge in [0, 0.05) is 7.11 Å². The fourth-order valence-corrected chi connectivity index (χ4v) is 0.947. The molecule has 0 fully saturated rings. The van der Waals surface area contributed by atoms with Crippen LogP contribution in [-0.4, -0.2) is 13.2 Å². The number of carbonyl (C=O) groups excluding carboxylic acids is 1. The molecule has 1 amide bonds. The summed E-state index contributed by atoms with van der Waals surface area (Å²) in [5.41, 5.74) is 1.81. The van der Waals surface area contributed by atoms with Gasteiger partial charge in [-0.05, 0) is 17.7 Å². The highest BCUT2D eigenvalue weighted by atomic mass is 19.2. The van der Waals surface area contributed by atoms with Crippen molar-refractivity contribution in [3.63, 3.8) is 0 Å². The van der Waals surface area contributed by atoms with Crippen molar-refractivity contribution in [1.82, 2.24) is 5.54 Å². The SMILES string of the molecule is COCc1ccc(OC(=O)NF)cc1. The lowest BCUT2D eigenvalue weighted by atomic mass is 10.2. The molecule has 0 aromatic heterocycles. The molecule has 76 valence electrons. The van der Waals surface area contributed by atoms with Gasteiger partial charge in [0.05, 0.1) is 6.61 Å². The van der Waals surface area contributed by atoms with Crippen molar-refractivity contribution in [3.8, 4) is 5.75 Å². The molecule has 5 heteroatoms. The van der Waals surface area contributed by atoms with Gasteiger partial charge in [0.15, 0.2) is 0 Å². The number of hydrogen-bond acceptors (Lipinski definition) is 3. The van der Waals surface area contributed by atoms with Gasteiger partial charge in [-0.25, -0.2) is 4.79 Å². The second kappa shape index (κ2) is 5.18. The molecule has 4 nitrogen and oxygen atoms in total. The van der Waals surface area contributed by atoms with Crippen molar-refractivity contribution < 1.29 is 18.7 Å². The molecular formula is C9H10FNO3. The average molecular weight is 199 g/mol. The Morgan fingerprint density at radius 2 is 2.07 bits per heavy atom. The molecule has 0 saturated carbocycles. The molecule has 0 atom stereocenters. The summed E-state index contributed by atoms with van der Waals surface area (Å²) in [5.74, 6) is 0.278. The van der Waals surface area contributed by atoms with Gasteiger partial charge in [0.2, 0.25) is 0 Å². The van der Waals surface area contributed by atoms with Crippen LogP contribution in [0.15, 0.2) is 24.3 Å². The topological polar surface area (TPSA) is 47.6 Å². The number of ether oxygens (including phenoxy) is 2. The van der Waals surface area contributed by atoms with E-state index in [4.69, 9.17) is 4.74 Å². The number of rotatable bonds is 3. The normalized spacial score (nSPS) is 9.57. The summed E-state index contributed by atoms with van der Waals surface area (Å²) in [4.78, 5) is 10.5. The molecule has 1 aromatic carbocycles. The second-order valence-electron chi connectivity index (χ2n) is 2.56. The molecule has 1 aromatic rings. The lowest BCUT2D eigenvalue weighted by Crippen LogP contribution is -2.18. The number of hydrogen-bond donors (Lipinski definition) is 1. The highest BCUT2D eigenvalue weighted by Gasteiger charge is 2.02. The minimum atomic E-state index is -1.13. The van der Waals surface area contributed by atoms with E-state index in [9.17, 15) is 9.28 Å². The van der Waals surface area contributed by atoms with Gasteiger partial charge in [-0.1, -0.05) is 16.6 Å². The molecule has 0 heterocycles. The lowest BCUT2D eigenvalue weighted by Gasteiger charge is -2.03. The van der Waals surface area contributed by atoms with Crippen molar-refractivity contribution >= 4 is 6.09 Å². The average Bonchev–Trinajstić information content (AvgIpc) is 2.21. The molecule has 0 aliphatic heterocycles. The van der Waals surface area contributed by atoms with Gasteiger partial charge in [-0.2, -0.15) is 5.54 Å². The molecule has 0 radical (unpaired) electrons. The Hall–Kier alpha value is -1.62. The van der Waals surface area contributed by atoms with Crippen LogP contribution >= 0.6 is 0 Å². The van der Waals surface area contributed by atoms with Gasteiger partial charge in [0.1, 0.15) is 5.75 Å². The third-order valence-corrected chi connectivity index (χ3v) is 1.52. The monoisotopic (exact) mass is 199 g/mol. The van der Waals surface area contributed by atoms with Crippen LogP contribution in [-0.2, 0) is 11.3 Å². The Balaban J connectivity index is 2.59. The van der Waals surface area contributed by atoms with Crippen LogP contribution < -0.4 is 10.3 Å². The fraction of sp³-hybridized carbons (Fsp3) is 0.222. The smallest absolute Gasteiger partial charge is 0.409 e. The minimum absolute atomic E-state index is 0.278. The fourth-order valence-electron chi connectivity index (χ4n) is 0.947. The van der Waals surface area contributed by atoms with E-state index in [0.29, 0.717) is 6.61 Å². The number of benzene rings is 1. The van der Waals surface area contributed by atoms with Crippen molar-refractivity contribution in [1.29, 1.82) is 0 Å². The first-order valence-corrected chi connectivity index (χ1v) is 3.92. The maximum atomic E-state index is 11.5. The summed E-state index contributed by atoms with van der Waals surface area (Å²) in [6.07, 6.45) is -1.13. The van der Waals surface area contributed by atoms with Crippen LogP contribution in [0.25, 0.3) is 0 Å². The first-order valence-electron chi connectivity index (χ1n) is 3.92. The minimum Gasteiger partial charge on any atom is -0.409 e. The maximum absolute atomic E-state index is 11.5. The van der Waals surface area contributed by atoms with Crippen LogP contribution in [0.2, 0.25) is 0 Å². The maximum Gasteiger partial charge on any atom is 0.440 e. The van der Waals surface area contributed by atoms with Gasteiger partial charge >= 0.3 is 6.09 Å². The van der Waals surface area contributed by atoms with Crippen LogP contribution in [0.1, 0.15) is 5.56 Å².